The molecule has 0 amide bonds. The van der Waals surface area contributed by atoms with E-state index in [-0.39, 0.29) is 0 Å². The summed E-state index contributed by atoms with van der Waals surface area (Å²) in [5.41, 5.74) is 28.9. The van der Waals surface area contributed by atoms with E-state index in [2.05, 4.69) is 91.4 Å². The van der Waals surface area contributed by atoms with E-state index in [1.807, 2.05) is 0 Å². The van der Waals surface area contributed by atoms with Crippen molar-refractivity contribution in [3.63, 3.8) is 0 Å². The van der Waals surface area contributed by atoms with Crippen LogP contribution in [0.2, 0.25) is 11.8 Å². The molecule has 51 heavy (non-hydrogen) atoms. The molecule has 3 rings (SSSR count). The molecule has 0 aliphatic carbocycles. The molecule has 3 heteroatoms. The van der Waals surface area contributed by atoms with Crippen molar-refractivity contribution in [1.82, 2.24) is 0 Å². The third-order valence-corrected chi connectivity index (χ3v) is 10.7. The quantitative estimate of drug-likeness (QED) is 0.0582. The van der Waals surface area contributed by atoms with Gasteiger partial charge in [0.15, 0.2) is 0 Å². The summed E-state index contributed by atoms with van der Waals surface area (Å²) < 4.78 is 1.64. The second-order valence-corrected chi connectivity index (χ2v) is 16.0. The molecule has 1 heterocycles. The van der Waals surface area contributed by atoms with Crippen LogP contribution in [0.3, 0.4) is 0 Å². The van der Waals surface area contributed by atoms with Crippen LogP contribution in [0.25, 0.3) is 16.9 Å². The fourth-order valence-corrected chi connectivity index (χ4v) is 7.79. The molecular formula is C48H78N2Ni. The van der Waals surface area contributed by atoms with E-state index in [1.54, 1.807) is 30.3 Å². The Morgan fingerprint density at radius 3 is 1.10 bits per heavy atom. The van der Waals surface area contributed by atoms with Crippen molar-refractivity contribution in [1.29, 1.82) is 0 Å². The average Bonchev–Trinajstić information content (AvgIpc) is 3.38. The van der Waals surface area contributed by atoms with Crippen LogP contribution < -0.4 is 0 Å². The Hall–Kier alpha value is -1.99. The van der Waals surface area contributed by atoms with Gasteiger partial charge in [-0.3, -0.25) is 0 Å². The standard InChI is InChI=1S/C46H72N2.2CH3.Ni/c1-9-16-23-30-42-35(8)45(40-31-36(24-17-10-2)43(28-21-14-6)37(32-40)25-18-11-3)48(47)46(42)41-33-38(26-19-12-4)44(29-22-15-7)39(34-41)27-20-13-5;;;/h31-34H,9-30H2,1-8H3;2*1H3;. The van der Waals surface area contributed by atoms with Gasteiger partial charge >= 0.3 is 26.2 Å². The van der Waals surface area contributed by atoms with Crippen molar-refractivity contribution in [3.05, 3.63) is 85.5 Å². The predicted molar refractivity (Wildman–Crippen MR) is 224 cm³/mol. The summed E-state index contributed by atoms with van der Waals surface area (Å²) in [6.07, 6.45) is 26.1. The summed E-state index contributed by atoms with van der Waals surface area (Å²) in [7, 11) is 0. The molecule has 1 aliphatic heterocycles. The molecule has 2 nitrogen and oxygen atoms in total. The Morgan fingerprint density at radius 2 is 0.765 bits per heavy atom. The van der Waals surface area contributed by atoms with Gasteiger partial charge in [-0.1, -0.05) is 99.8 Å². The molecule has 2 aromatic rings. The summed E-state index contributed by atoms with van der Waals surface area (Å²) in [4.78, 5) is 0. The second kappa shape index (κ2) is 25.9. The summed E-state index contributed by atoms with van der Waals surface area (Å²) in [6.45, 7) is 18.4. The van der Waals surface area contributed by atoms with Crippen LogP contribution >= 0.6 is 0 Å². The molecule has 0 aromatic heterocycles. The minimum atomic E-state index is 1.02. The first-order chi connectivity index (χ1) is 24.8. The zero-order valence-corrected chi connectivity index (χ0v) is 36.1. The summed E-state index contributed by atoms with van der Waals surface area (Å²) >= 11 is 1.62. The van der Waals surface area contributed by atoms with Crippen LogP contribution in [0, 0.1) is 0 Å². The zero-order valence-electron chi connectivity index (χ0n) is 35.1. The molecule has 0 radical (unpaired) electrons. The third kappa shape index (κ3) is 13.4. The van der Waals surface area contributed by atoms with Crippen molar-refractivity contribution in [2.45, 2.75) is 208 Å². The number of hydrogen-bond donors (Lipinski definition) is 0. The Balaban J connectivity index is 0.00000290. The maximum absolute atomic E-state index is 12.5. The van der Waals surface area contributed by atoms with E-state index >= 15 is 0 Å². The number of rotatable bonds is 24. The van der Waals surface area contributed by atoms with E-state index in [0.717, 1.165) is 49.9 Å². The van der Waals surface area contributed by atoms with Gasteiger partial charge < -0.3 is 5.53 Å². The molecule has 0 saturated carbocycles. The van der Waals surface area contributed by atoms with E-state index in [9.17, 15) is 5.53 Å². The molecule has 0 unspecified atom stereocenters. The first-order valence-corrected chi connectivity index (χ1v) is 23.2. The van der Waals surface area contributed by atoms with Crippen LogP contribution in [-0.2, 0) is 53.0 Å². The number of hydrogen-bond acceptors (Lipinski definition) is 0. The van der Waals surface area contributed by atoms with Gasteiger partial charge in [-0.05, 0) is 154 Å². The number of benzene rings is 2. The van der Waals surface area contributed by atoms with Gasteiger partial charge in [-0.15, -0.1) is 0 Å². The fourth-order valence-electron chi connectivity index (χ4n) is 7.79. The first kappa shape index (κ1) is 45.2. The van der Waals surface area contributed by atoms with Gasteiger partial charge in [0, 0.05) is 22.3 Å². The number of allylic oxidation sites excluding steroid dienone is 2. The van der Waals surface area contributed by atoms with Crippen molar-refractivity contribution in [2.75, 3.05) is 0 Å². The molecular weight excluding hydrogens is 663 g/mol. The molecule has 2 aromatic carbocycles. The van der Waals surface area contributed by atoms with Crippen molar-refractivity contribution < 1.29 is 19.1 Å². The summed E-state index contributed by atoms with van der Waals surface area (Å²) in [5.74, 6) is 4.12. The van der Waals surface area contributed by atoms with Gasteiger partial charge in [-0.25, -0.2) is 4.70 Å². The van der Waals surface area contributed by atoms with Gasteiger partial charge in [-0.2, -0.15) is 0 Å². The Kier molecular flexibility index (Phi) is 22.9. The zero-order chi connectivity index (χ0) is 37.6. The average molecular weight is 742 g/mol. The van der Waals surface area contributed by atoms with Gasteiger partial charge in [0.2, 0.25) is 11.4 Å². The fraction of sp³-hybridized carbons (Fsp3) is 0.667. The first-order valence-electron chi connectivity index (χ1n) is 21.3. The molecule has 0 atom stereocenters. The number of aryl methyl sites for hydroxylation is 4. The van der Waals surface area contributed by atoms with Crippen molar-refractivity contribution >= 4 is 11.4 Å². The Bertz CT molecular complexity index is 1340. The molecule has 0 fully saturated rings. The normalized spacial score (nSPS) is 13.1. The predicted octanol–water partition coefficient (Wildman–Crippen LogP) is 15.7. The molecule has 0 N–H and O–H groups in total. The summed E-state index contributed by atoms with van der Waals surface area (Å²) in [5, 5.41) is 0. The second-order valence-electron chi connectivity index (χ2n) is 15.1. The number of unbranched alkanes of at least 4 members (excludes halogenated alkanes) is 8. The summed E-state index contributed by atoms with van der Waals surface area (Å²) in [6, 6.07) is 9.91. The SMILES string of the molecule is CCCCCC1=C(c2cc(CCCC)c(CCCC)c(CCCC)c2)[N+](=[N-])C(c2cc(CCCC)c(CCCC)c(CCCC)c2)=C1C.[CH3][Ni][CH3]. The Labute approximate surface area is 323 Å². The van der Waals surface area contributed by atoms with E-state index in [1.165, 1.54) is 147 Å². The van der Waals surface area contributed by atoms with Crippen LogP contribution in [0.5, 0.6) is 0 Å². The topological polar surface area (TPSA) is 25.3 Å². The maximum atomic E-state index is 12.5. The molecule has 1 aliphatic rings. The number of nitrogens with zero attached hydrogens (tertiary/aromatic N) is 2. The van der Waals surface area contributed by atoms with Gasteiger partial charge in [0.25, 0.3) is 0 Å². The Morgan fingerprint density at radius 1 is 0.451 bits per heavy atom. The molecule has 0 saturated heterocycles. The van der Waals surface area contributed by atoms with Crippen LogP contribution in [-0.4, -0.2) is 4.70 Å². The molecule has 0 spiro atoms. The monoisotopic (exact) mass is 741 g/mol. The van der Waals surface area contributed by atoms with Crippen LogP contribution in [0.4, 0.5) is 0 Å². The minimum absolute atomic E-state index is 1.02. The van der Waals surface area contributed by atoms with Crippen molar-refractivity contribution in [2.24, 2.45) is 0 Å². The van der Waals surface area contributed by atoms with Gasteiger partial charge in [0.05, 0.1) is 0 Å². The van der Waals surface area contributed by atoms with E-state index < -0.39 is 0 Å². The molecule has 0 bridgehead atoms. The van der Waals surface area contributed by atoms with Gasteiger partial charge in [0.1, 0.15) is 0 Å². The third-order valence-electron chi connectivity index (χ3n) is 10.7. The van der Waals surface area contributed by atoms with Crippen LogP contribution in [0.1, 0.15) is 203 Å². The van der Waals surface area contributed by atoms with Crippen LogP contribution in [0.15, 0.2) is 35.4 Å². The van der Waals surface area contributed by atoms with E-state index in [0.29, 0.717) is 0 Å². The van der Waals surface area contributed by atoms with E-state index in [4.69, 9.17) is 0 Å². The molecule has 290 valence electrons. The van der Waals surface area contributed by atoms with Crippen molar-refractivity contribution in [3.8, 4) is 0 Å².